The van der Waals surface area contributed by atoms with E-state index in [1.54, 1.807) is 28.6 Å². The Morgan fingerprint density at radius 1 is 0.897 bits per heavy atom. The van der Waals surface area contributed by atoms with Crippen LogP contribution >= 0.6 is 15.9 Å². The van der Waals surface area contributed by atoms with Gasteiger partial charge in [0.2, 0.25) is 10.0 Å². The lowest BCUT2D eigenvalue weighted by Crippen LogP contribution is -2.49. The van der Waals surface area contributed by atoms with Crippen LogP contribution in [0.3, 0.4) is 0 Å². The highest BCUT2D eigenvalue weighted by atomic mass is 79.9. The third kappa shape index (κ3) is 4.61. The van der Waals surface area contributed by atoms with Gasteiger partial charge < -0.3 is 4.57 Å². The summed E-state index contributed by atoms with van der Waals surface area (Å²) < 4.78 is 30.3. The lowest BCUT2D eigenvalue weighted by Gasteiger charge is -2.34. The van der Waals surface area contributed by atoms with Crippen LogP contribution in [-0.4, -0.2) is 59.9 Å². The first kappa shape index (κ1) is 20.3. The minimum atomic E-state index is -3.43. The molecule has 1 aliphatic rings. The SMILES string of the molecule is O=S(=O)(c1ccc(Br)cc1)N1CCN(CCn2ccnc2-c2ccccc2)CC1. The summed E-state index contributed by atoms with van der Waals surface area (Å²) in [5, 5.41) is 0. The topological polar surface area (TPSA) is 58.4 Å². The van der Waals surface area contributed by atoms with Crippen molar-refractivity contribution in [3.05, 3.63) is 71.5 Å². The molecule has 1 saturated heterocycles. The second-order valence-corrected chi connectivity index (χ2v) is 9.86. The predicted octanol–water partition coefficient (Wildman–Crippen LogP) is 3.32. The van der Waals surface area contributed by atoms with Gasteiger partial charge in [0.1, 0.15) is 5.82 Å². The number of benzene rings is 2. The molecule has 8 heteroatoms. The van der Waals surface area contributed by atoms with Gasteiger partial charge >= 0.3 is 0 Å². The molecule has 0 radical (unpaired) electrons. The molecule has 0 spiro atoms. The Morgan fingerprint density at radius 3 is 2.28 bits per heavy atom. The van der Waals surface area contributed by atoms with Crippen LogP contribution in [0.5, 0.6) is 0 Å². The van der Waals surface area contributed by atoms with Gasteiger partial charge in [0.25, 0.3) is 0 Å². The fraction of sp³-hybridized carbons (Fsp3) is 0.286. The quantitative estimate of drug-likeness (QED) is 0.549. The second kappa shape index (κ2) is 8.79. The Morgan fingerprint density at radius 2 is 1.59 bits per heavy atom. The summed E-state index contributed by atoms with van der Waals surface area (Å²) in [5.41, 5.74) is 1.10. The number of imidazole rings is 1. The molecule has 29 heavy (non-hydrogen) atoms. The van der Waals surface area contributed by atoms with E-state index in [-0.39, 0.29) is 0 Å². The monoisotopic (exact) mass is 474 g/mol. The van der Waals surface area contributed by atoms with Crippen LogP contribution in [-0.2, 0) is 16.6 Å². The van der Waals surface area contributed by atoms with Crippen molar-refractivity contribution in [2.45, 2.75) is 11.4 Å². The van der Waals surface area contributed by atoms with E-state index in [1.165, 1.54) is 0 Å². The maximum absolute atomic E-state index is 12.8. The first-order valence-electron chi connectivity index (χ1n) is 9.59. The summed E-state index contributed by atoms with van der Waals surface area (Å²) in [6.07, 6.45) is 3.82. The van der Waals surface area contributed by atoms with Crippen molar-refractivity contribution >= 4 is 26.0 Å². The van der Waals surface area contributed by atoms with Crippen molar-refractivity contribution in [2.24, 2.45) is 0 Å². The number of sulfonamides is 1. The number of hydrogen-bond acceptors (Lipinski definition) is 4. The summed E-state index contributed by atoms with van der Waals surface area (Å²) in [6, 6.07) is 17.0. The van der Waals surface area contributed by atoms with Gasteiger partial charge in [-0.1, -0.05) is 46.3 Å². The van der Waals surface area contributed by atoms with Crippen molar-refractivity contribution < 1.29 is 8.42 Å². The number of nitrogens with zero attached hydrogens (tertiary/aromatic N) is 4. The molecule has 0 atom stereocenters. The van der Waals surface area contributed by atoms with Gasteiger partial charge in [0.05, 0.1) is 4.90 Å². The molecule has 1 aliphatic heterocycles. The Hall–Kier alpha value is -2.00. The number of aromatic nitrogens is 2. The minimum absolute atomic E-state index is 0.347. The number of hydrogen-bond donors (Lipinski definition) is 0. The molecule has 0 N–H and O–H groups in total. The zero-order chi connectivity index (χ0) is 20.3. The van der Waals surface area contributed by atoms with Crippen molar-refractivity contribution in [3.63, 3.8) is 0 Å². The van der Waals surface area contributed by atoms with Crippen LogP contribution in [0.25, 0.3) is 11.4 Å². The Labute approximate surface area is 180 Å². The fourth-order valence-electron chi connectivity index (χ4n) is 3.54. The number of piperazine rings is 1. The molecule has 2 heterocycles. The molecule has 3 aromatic rings. The van der Waals surface area contributed by atoms with Crippen LogP contribution in [0.4, 0.5) is 0 Å². The van der Waals surface area contributed by atoms with Crippen LogP contribution in [0.2, 0.25) is 0 Å². The maximum Gasteiger partial charge on any atom is 0.243 e. The molecule has 0 saturated carbocycles. The van der Waals surface area contributed by atoms with Crippen molar-refractivity contribution in [2.75, 3.05) is 32.7 Å². The van der Waals surface area contributed by atoms with Gasteiger partial charge in [-0.3, -0.25) is 4.90 Å². The molecule has 0 unspecified atom stereocenters. The summed E-state index contributed by atoms with van der Waals surface area (Å²) >= 11 is 3.35. The fourth-order valence-corrected chi connectivity index (χ4v) is 5.22. The lowest BCUT2D eigenvalue weighted by molar-refractivity contribution is 0.183. The van der Waals surface area contributed by atoms with E-state index in [4.69, 9.17) is 0 Å². The number of rotatable bonds is 6. The van der Waals surface area contributed by atoms with E-state index in [1.807, 2.05) is 30.6 Å². The summed E-state index contributed by atoms with van der Waals surface area (Å²) in [4.78, 5) is 7.14. The van der Waals surface area contributed by atoms with Gasteiger partial charge in [-0.2, -0.15) is 4.31 Å². The normalized spacial score (nSPS) is 16.2. The highest BCUT2D eigenvalue weighted by molar-refractivity contribution is 9.10. The van der Waals surface area contributed by atoms with E-state index >= 15 is 0 Å². The van der Waals surface area contributed by atoms with Gasteiger partial charge in [-0.05, 0) is 24.3 Å². The molecule has 4 rings (SSSR count). The summed E-state index contributed by atoms with van der Waals surface area (Å²) in [5.74, 6) is 0.960. The molecule has 0 bridgehead atoms. The molecular weight excluding hydrogens is 452 g/mol. The van der Waals surface area contributed by atoms with E-state index < -0.39 is 10.0 Å². The van der Waals surface area contributed by atoms with Gasteiger partial charge in [0, 0.05) is 61.7 Å². The first-order chi connectivity index (χ1) is 14.0. The molecule has 0 aliphatic carbocycles. The minimum Gasteiger partial charge on any atom is -0.330 e. The van der Waals surface area contributed by atoms with Crippen LogP contribution in [0.1, 0.15) is 0 Å². The third-order valence-electron chi connectivity index (χ3n) is 5.19. The number of halogens is 1. The highest BCUT2D eigenvalue weighted by Crippen LogP contribution is 2.21. The van der Waals surface area contributed by atoms with Crippen LogP contribution in [0, 0.1) is 0 Å². The average Bonchev–Trinajstić information content (AvgIpc) is 3.22. The van der Waals surface area contributed by atoms with E-state index in [0.29, 0.717) is 18.0 Å². The summed E-state index contributed by atoms with van der Waals surface area (Å²) in [7, 11) is -3.43. The van der Waals surface area contributed by atoms with Crippen LogP contribution in [0.15, 0.2) is 76.4 Å². The second-order valence-electron chi connectivity index (χ2n) is 7.01. The van der Waals surface area contributed by atoms with Gasteiger partial charge in [-0.25, -0.2) is 13.4 Å². The molecule has 6 nitrogen and oxygen atoms in total. The Balaban J connectivity index is 1.34. The predicted molar refractivity (Wildman–Crippen MR) is 117 cm³/mol. The maximum atomic E-state index is 12.8. The molecular formula is C21H23BrN4O2S. The van der Waals surface area contributed by atoms with E-state index in [2.05, 4.69) is 42.5 Å². The Bertz CT molecular complexity index is 1040. The molecule has 152 valence electrons. The summed E-state index contributed by atoms with van der Waals surface area (Å²) in [6.45, 7) is 4.16. The van der Waals surface area contributed by atoms with E-state index in [0.717, 1.165) is 42.0 Å². The Kier molecular flexibility index (Phi) is 6.15. The zero-order valence-electron chi connectivity index (χ0n) is 16.0. The van der Waals surface area contributed by atoms with E-state index in [9.17, 15) is 8.42 Å². The largest absolute Gasteiger partial charge is 0.330 e. The molecule has 0 amide bonds. The van der Waals surface area contributed by atoms with Crippen molar-refractivity contribution in [3.8, 4) is 11.4 Å². The standard InChI is InChI=1S/C21H23BrN4O2S/c22-19-6-8-20(9-7-19)29(27,28)26-16-13-24(14-17-26)12-15-25-11-10-23-21(25)18-4-2-1-3-5-18/h1-11H,12-17H2. The van der Waals surface area contributed by atoms with Crippen molar-refractivity contribution in [1.82, 2.24) is 18.8 Å². The molecule has 1 aromatic heterocycles. The average molecular weight is 475 g/mol. The van der Waals surface area contributed by atoms with Gasteiger partial charge in [-0.15, -0.1) is 0 Å². The van der Waals surface area contributed by atoms with Crippen LogP contribution < -0.4 is 0 Å². The van der Waals surface area contributed by atoms with Gasteiger partial charge in [0.15, 0.2) is 0 Å². The molecule has 2 aromatic carbocycles. The zero-order valence-corrected chi connectivity index (χ0v) is 18.4. The van der Waals surface area contributed by atoms with Crippen molar-refractivity contribution in [1.29, 1.82) is 0 Å². The molecule has 1 fully saturated rings. The first-order valence-corrected chi connectivity index (χ1v) is 11.8. The smallest absolute Gasteiger partial charge is 0.243 e. The highest BCUT2D eigenvalue weighted by Gasteiger charge is 2.28. The third-order valence-corrected chi connectivity index (χ3v) is 7.63. The lowest BCUT2D eigenvalue weighted by atomic mass is 10.2.